The first-order valence-corrected chi connectivity index (χ1v) is 5.29. The molecule has 0 radical (unpaired) electrons. The van der Waals surface area contributed by atoms with Gasteiger partial charge in [0.25, 0.3) is 0 Å². The molecule has 0 fully saturated rings. The van der Waals surface area contributed by atoms with Gasteiger partial charge in [0, 0.05) is 18.2 Å². The van der Waals surface area contributed by atoms with Crippen molar-refractivity contribution >= 4 is 11.7 Å². The summed E-state index contributed by atoms with van der Waals surface area (Å²) < 4.78 is 0. The van der Waals surface area contributed by atoms with Crippen molar-refractivity contribution in [2.45, 2.75) is 40.0 Å². The maximum atomic E-state index is 11.0. The number of amides is 1. The van der Waals surface area contributed by atoms with Crippen LogP contribution in [0.3, 0.4) is 0 Å². The lowest BCUT2D eigenvalue weighted by atomic mass is 10.1. The Balaban J connectivity index is 0.000000337. The zero-order valence-electron chi connectivity index (χ0n) is 9.50. The molecule has 4 heteroatoms. The molecule has 1 aliphatic rings. The van der Waals surface area contributed by atoms with Gasteiger partial charge in [0.05, 0.1) is 0 Å². The number of rotatable bonds is 0. The van der Waals surface area contributed by atoms with Crippen LogP contribution in [0.15, 0.2) is 6.20 Å². The Labute approximate surface area is 90.1 Å². The van der Waals surface area contributed by atoms with E-state index in [9.17, 15) is 4.79 Å². The van der Waals surface area contributed by atoms with Gasteiger partial charge in [-0.05, 0) is 13.3 Å². The number of hydrogen-bond donors (Lipinski definition) is 1. The summed E-state index contributed by atoms with van der Waals surface area (Å²) in [7, 11) is 0. The van der Waals surface area contributed by atoms with Crippen molar-refractivity contribution in [3.05, 3.63) is 17.6 Å². The fourth-order valence-electron chi connectivity index (χ4n) is 1.23. The second-order valence-corrected chi connectivity index (χ2v) is 3.55. The lowest BCUT2D eigenvalue weighted by Gasteiger charge is -2.14. The van der Waals surface area contributed by atoms with Crippen LogP contribution in [-0.4, -0.2) is 15.9 Å². The summed E-state index contributed by atoms with van der Waals surface area (Å²) in [5.74, 6) is 1.41. The molecule has 0 atom stereocenters. The summed E-state index contributed by atoms with van der Waals surface area (Å²) in [6.07, 6.45) is 4.32. The summed E-state index contributed by atoms with van der Waals surface area (Å²) in [6, 6.07) is 0. The Hall–Kier alpha value is -1.45. The molecular formula is C11H17N3O. The first-order valence-electron chi connectivity index (χ1n) is 5.29. The monoisotopic (exact) mass is 207 g/mol. The Bertz CT molecular complexity index is 350. The third-order valence-electron chi connectivity index (χ3n) is 1.86. The number of fused-ring (bicyclic) bond motifs is 1. The van der Waals surface area contributed by atoms with E-state index in [1.807, 2.05) is 0 Å². The van der Waals surface area contributed by atoms with E-state index in [4.69, 9.17) is 0 Å². The molecule has 15 heavy (non-hydrogen) atoms. The minimum atomic E-state index is 0.0422. The van der Waals surface area contributed by atoms with Crippen molar-refractivity contribution in [1.82, 2.24) is 9.97 Å². The zero-order chi connectivity index (χ0) is 11.3. The highest BCUT2D eigenvalue weighted by molar-refractivity contribution is 5.92. The van der Waals surface area contributed by atoms with Gasteiger partial charge in [0.1, 0.15) is 11.6 Å². The van der Waals surface area contributed by atoms with E-state index in [1.165, 1.54) is 6.42 Å². The van der Waals surface area contributed by atoms with Gasteiger partial charge in [-0.25, -0.2) is 9.97 Å². The number of nitrogens with one attached hydrogen (secondary N) is 1. The first-order chi connectivity index (χ1) is 7.17. The van der Waals surface area contributed by atoms with E-state index in [-0.39, 0.29) is 5.91 Å². The molecule has 1 N–H and O–H groups in total. The molecule has 0 unspecified atom stereocenters. The fourth-order valence-corrected chi connectivity index (χ4v) is 1.23. The highest BCUT2D eigenvalue weighted by Gasteiger charge is 2.15. The molecule has 0 spiro atoms. The van der Waals surface area contributed by atoms with Crippen molar-refractivity contribution in [2.24, 2.45) is 0 Å². The van der Waals surface area contributed by atoms with Gasteiger partial charge in [-0.15, -0.1) is 0 Å². The quantitative estimate of drug-likeness (QED) is 0.708. The zero-order valence-corrected chi connectivity index (χ0v) is 9.50. The first kappa shape index (κ1) is 11.6. The van der Waals surface area contributed by atoms with Gasteiger partial charge in [-0.3, -0.25) is 4.79 Å². The molecule has 1 aromatic heterocycles. The van der Waals surface area contributed by atoms with Crippen LogP contribution in [0.4, 0.5) is 5.82 Å². The Morgan fingerprint density at radius 1 is 1.40 bits per heavy atom. The number of aryl methyl sites for hydroxylation is 2. The highest BCUT2D eigenvalue weighted by Crippen LogP contribution is 2.18. The molecule has 1 amide bonds. The van der Waals surface area contributed by atoms with Crippen LogP contribution in [0.25, 0.3) is 0 Å². The van der Waals surface area contributed by atoms with E-state index in [2.05, 4.69) is 29.1 Å². The summed E-state index contributed by atoms with van der Waals surface area (Å²) in [6.45, 7) is 6.06. The Morgan fingerprint density at radius 2 is 2.07 bits per heavy atom. The molecule has 2 heterocycles. The third-order valence-corrected chi connectivity index (χ3v) is 1.86. The molecule has 0 aliphatic carbocycles. The molecule has 4 nitrogen and oxygen atoms in total. The number of hydrogen-bond acceptors (Lipinski definition) is 3. The fraction of sp³-hybridized carbons (Fsp3) is 0.545. The summed E-state index contributed by atoms with van der Waals surface area (Å²) >= 11 is 0. The number of anilines is 1. The summed E-state index contributed by atoms with van der Waals surface area (Å²) in [5.41, 5.74) is 1.03. The van der Waals surface area contributed by atoms with Gasteiger partial charge in [0.15, 0.2) is 0 Å². The highest BCUT2D eigenvalue weighted by atomic mass is 16.1. The van der Waals surface area contributed by atoms with E-state index < -0.39 is 0 Å². The molecule has 1 aliphatic heterocycles. The molecule has 0 saturated heterocycles. The average molecular weight is 207 g/mol. The van der Waals surface area contributed by atoms with Crippen LogP contribution in [0.2, 0.25) is 0 Å². The predicted octanol–water partition coefficient (Wildman–Crippen LogP) is 2.09. The molecule has 0 saturated carbocycles. The van der Waals surface area contributed by atoms with Crippen molar-refractivity contribution < 1.29 is 4.79 Å². The molecule has 0 aromatic carbocycles. The molecule has 2 rings (SSSR count). The number of carbonyl (C=O) groups excluding carboxylic acids is 1. The van der Waals surface area contributed by atoms with E-state index in [0.717, 1.165) is 12.0 Å². The van der Waals surface area contributed by atoms with E-state index >= 15 is 0 Å². The van der Waals surface area contributed by atoms with Gasteiger partial charge in [-0.2, -0.15) is 0 Å². The molecule has 1 aromatic rings. The van der Waals surface area contributed by atoms with E-state index in [1.54, 1.807) is 13.1 Å². The molecular weight excluding hydrogens is 190 g/mol. The lowest BCUT2D eigenvalue weighted by Crippen LogP contribution is -2.20. The second kappa shape index (κ2) is 5.44. The number of carbonyl (C=O) groups is 1. The maximum Gasteiger partial charge on any atom is 0.225 e. The minimum Gasteiger partial charge on any atom is -0.310 e. The Morgan fingerprint density at radius 3 is 2.73 bits per heavy atom. The largest absolute Gasteiger partial charge is 0.310 e. The van der Waals surface area contributed by atoms with Gasteiger partial charge in [0.2, 0.25) is 5.91 Å². The number of nitrogens with zero attached hydrogens (tertiary/aromatic N) is 2. The average Bonchev–Trinajstić information content (AvgIpc) is 2.18. The smallest absolute Gasteiger partial charge is 0.225 e. The predicted molar refractivity (Wildman–Crippen MR) is 59.7 cm³/mol. The number of aromatic nitrogens is 2. The summed E-state index contributed by atoms with van der Waals surface area (Å²) in [4.78, 5) is 19.1. The van der Waals surface area contributed by atoms with Crippen LogP contribution >= 0.6 is 0 Å². The van der Waals surface area contributed by atoms with Gasteiger partial charge in [-0.1, -0.05) is 20.3 Å². The van der Waals surface area contributed by atoms with Crippen LogP contribution in [0, 0.1) is 6.92 Å². The van der Waals surface area contributed by atoms with E-state index in [0.29, 0.717) is 18.1 Å². The van der Waals surface area contributed by atoms with Crippen LogP contribution in [-0.2, 0) is 11.2 Å². The molecule has 0 bridgehead atoms. The van der Waals surface area contributed by atoms with Crippen LogP contribution < -0.4 is 5.32 Å². The van der Waals surface area contributed by atoms with Crippen molar-refractivity contribution in [3.63, 3.8) is 0 Å². The lowest BCUT2D eigenvalue weighted by molar-refractivity contribution is -0.116. The molecule has 82 valence electrons. The Kier molecular flexibility index (Phi) is 4.21. The van der Waals surface area contributed by atoms with Crippen molar-refractivity contribution in [2.75, 3.05) is 5.32 Å². The third kappa shape index (κ3) is 3.31. The SMILES string of the molecule is CCC.Cc1ncc2c(n1)NC(=O)CC2. The summed E-state index contributed by atoms with van der Waals surface area (Å²) in [5, 5.41) is 2.71. The van der Waals surface area contributed by atoms with Crippen molar-refractivity contribution in [1.29, 1.82) is 0 Å². The minimum absolute atomic E-state index is 0.0422. The van der Waals surface area contributed by atoms with Crippen LogP contribution in [0.5, 0.6) is 0 Å². The maximum absolute atomic E-state index is 11.0. The normalized spacial score (nSPS) is 13.4. The van der Waals surface area contributed by atoms with Crippen molar-refractivity contribution in [3.8, 4) is 0 Å². The second-order valence-electron chi connectivity index (χ2n) is 3.55. The van der Waals surface area contributed by atoms with Gasteiger partial charge < -0.3 is 5.32 Å². The standard InChI is InChI=1S/C8H9N3O.C3H8/c1-5-9-4-6-2-3-7(12)11-8(6)10-5;1-3-2/h4H,2-3H2,1H3,(H,9,10,11,12);3H2,1-2H3. The van der Waals surface area contributed by atoms with Gasteiger partial charge >= 0.3 is 0 Å². The topological polar surface area (TPSA) is 54.9 Å². The van der Waals surface area contributed by atoms with Crippen LogP contribution in [0.1, 0.15) is 38.1 Å².